The van der Waals surface area contributed by atoms with E-state index < -0.39 is 0 Å². The summed E-state index contributed by atoms with van der Waals surface area (Å²) in [6.07, 6.45) is 0.302. The van der Waals surface area contributed by atoms with E-state index in [0.29, 0.717) is 29.7 Å². The Morgan fingerprint density at radius 3 is 2.45 bits per heavy atom. The largest absolute Gasteiger partial charge is 0.378 e. The van der Waals surface area contributed by atoms with Crippen molar-refractivity contribution >= 4 is 34.9 Å². The molecule has 2 fully saturated rings. The van der Waals surface area contributed by atoms with E-state index in [0.717, 1.165) is 67.5 Å². The third kappa shape index (κ3) is 5.14. The van der Waals surface area contributed by atoms with Gasteiger partial charge >= 0.3 is 0 Å². The second-order valence-electron chi connectivity index (χ2n) is 8.21. The number of aromatic nitrogens is 1. The van der Waals surface area contributed by atoms with Gasteiger partial charge in [0.1, 0.15) is 5.82 Å². The van der Waals surface area contributed by atoms with Crippen LogP contribution in [0.15, 0.2) is 24.3 Å². The topological polar surface area (TPSA) is 48.9 Å². The zero-order valence-electron chi connectivity index (χ0n) is 18.0. The second-order valence-corrected chi connectivity index (χ2v) is 9.06. The Hall–Kier alpha value is -1.86. The van der Waals surface area contributed by atoms with Crippen molar-refractivity contribution < 1.29 is 9.53 Å². The van der Waals surface area contributed by atoms with Crippen LogP contribution < -0.4 is 4.90 Å². The maximum atomic E-state index is 12.9. The molecule has 0 bridgehead atoms. The van der Waals surface area contributed by atoms with Crippen LogP contribution in [-0.2, 0) is 16.0 Å². The number of nitrogens with zero attached hydrogens (tertiary/aromatic N) is 4. The molecule has 8 heteroatoms. The first-order valence-electron chi connectivity index (χ1n) is 10.7. The van der Waals surface area contributed by atoms with Gasteiger partial charge in [-0.1, -0.05) is 29.3 Å². The third-order valence-corrected chi connectivity index (χ3v) is 6.50. The monoisotopic (exact) mass is 462 g/mol. The summed E-state index contributed by atoms with van der Waals surface area (Å²) in [5.74, 6) is 0.985. The van der Waals surface area contributed by atoms with Crippen molar-refractivity contribution in [1.29, 1.82) is 0 Å². The predicted octanol–water partition coefficient (Wildman–Crippen LogP) is 3.52. The van der Waals surface area contributed by atoms with Gasteiger partial charge in [0.05, 0.1) is 30.4 Å². The highest BCUT2D eigenvalue weighted by Crippen LogP contribution is 2.38. The van der Waals surface area contributed by atoms with Crippen LogP contribution in [0.3, 0.4) is 0 Å². The van der Waals surface area contributed by atoms with Crippen LogP contribution in [-0.4, -0.2) is 80.2 Å². The molecule has 0 N–H and O–H groups in total. The van der Waals surface area contributed by atoms with Gasteiger partial charge in [-0.15, -0.1) is 0 Å². The minimum atomic E-state index is 0.130. The summed E-state index contributed by atoms with van der Waals surface area (Å²) >= 11 is 12.7. The van der Waals surface area contributed by atoms with Crippen LogP contribution in [0.4, 0.5) is 5.82 Å². The number of carbonyl (C=O) groups excluding carboxylic acids is 1. The molecule has 0 radical (unpaired) electrons. The molecule has 0 atom stereocenters. The fourth-order valence-corrected chi connectivity index (χ4v) is 4.67. The smallest absolute Gasteiger partial charge is 0.228 e. The van der Waals surface area contributed by atoms with Crippen LogP contribution >= 0.6 is 23.2 Å². The number of aryl methyl sites for hydroxylation is 1. The van der Waals surface area contributed by atoms with E-state index in [-0.39, 0.29) is 5.91 Å². The number of halogens is 2. The lowest BCUT2D eigenvalue weighted by Crippen LogP contribution is -2.47. The minimum absolute atomic E-state index is 0.130. The van der Waals surface area contributed by atoms with Gasteiger partial charge in [-0.05, 0) is 37.7 Å². The summed E-state index contributed by atoms with van der Waals surface area (Å²) in [7, 11) is 2.09. The number of amides is 1. The SMILES string of the molecule is Cc1cc(CC(=O)N2CCN(C)CC2)nc(N2CCOCC2)c1-c1ccc(Cl)cc1Cl. The Morgan fingerprint density at radius 2 is 1.77 bits per heavy atom. The Balaban J connectivity index is 1.68. The quantitative estimate of drug-likeness (QED) is 0.695. The average Bonchev–Trinajstić information content (AvgIpc) is 2.75. The Labute approximate surface area is 193 Å². The number of rotatable bonds is 4. The molecule has 1 aromatic heterocycles. The zero-order valence-corrected chi connectivity index (χ0v) is 19.5. The summed E-state index contributed by atoms with van der Waals surface area (Å²) in [6.45, 7) is 8.21. The number of hydrogen-bond acceptors (Lipinski definition) is 5. The van der Waals surface area contributed by atoms with Gasteiger partial charge in [0.2, 0.25) is 5.91 Å². The molecule has 31 heavy (non-hydrogen) atoms. The lowest BCUT2D eigenvalue weighted by atomic mass is 9.99. The normalized spacial score (nSPS) is 17.8. The van der Waals surface area contributed by atoms with Crippen LogP contribution in [0.2, 0.25) is 10.0 Å². The molecular weight excluding hydrogens is 435 g/mol. The van der Waals surface area contributed by atoms with Crippen LogP contribution in [0.1, 0.15) is 11.3 Å². The second kappa shape index (κ2) is 9.74. The Morgan fingerprint density at radius 1 is 1.06 bits per heavy atom. The molecule has 1 amide bonds. The molecule has 166 valence electrons. The molecular formula is C23H28Cl2N4O2. The molecule has 0 unspecified atom stereocenters. The summed E-state index contributed by atoms with van der Waals surface area (Å²) < 4.78 is 5.54. The molecule has 1 aromatic carbocycles. The van der Waals surface area contributed by atoms with Crippen LogP contribution in [0.5, 0.6) is 0 Å². The summed E-state index contributed by atoms with van der Waals surface area (Å²) in [6, 6.07) is 7.55. The number of ether oxygens (including phenoxy) is 1. The van der Waals surface area contributed by atoms with E-state index in [1.165, 1.54) is 0 Å². The number of piperazine rings is 1. The minimum Gasteiger partial charge on any atom is -0.378 e. The zero-order chi connectivity index (χ0) is 22.0. The van der Waals surface area contributed by atoms with Crippen molar-refractivity contribution in [2.75, 3.05) is 64.4 Å². The number of pyridine rings is 1. The van der Waals surface area contributed by atoms with E-state index in [9.17, 15) is 4.79 Å². The molecule has 6 nitrogen and oxygen atoms in total. The van der Waals surface area contributed by atoms with Crippen molar-refractivity contribution in [2.24, 2.45) is 0 Å². The lowest BCUT2D eigenvalue weighted by Gasteiger charge is -2.33. The Bertz CT molecular complexity index is 955. The van der Waals surface area contributed by atoms with E-state index >= 15 is 0 Å². The van der Waals surface area contributed by atoms with E-state index in [4.69, 9.17) is 32.9 Å². The standard InChI is InChI=1S/C23H28Cl2N4O2/c1-16-13-18(15-21(30)28-7-5-27(2)6-8-28)26-23(29-9-11-31-12-10-29)22(16)19-4-3-17(24)14-20(19)25/h3-4,13-14H,5-12,15H2,1-2H3. The molecule has 0 spiro atoms. The van der Waals surface area contributed by atoms with Crippen molar-refractivity contribution in [3.8, 4) is 11.1 Å². The van der Waals surface area contributed by atoms with Crippen molar-refractivity contribution in [1.82, 2.24) is 14.8 Å². The highest BCUT2D eigenvalue weighted by molar-refractivity contribution is 6.36. The fraction of sp³-hybridized carbons (Fsp3) is 0.478. The molecule has 2 saturated heterocycles. The van der Waals surface area contributed by atoms with Gasteiger partial charge in [-0.3, -0.25) is 4.79 Å². The van der Waals surface area contributed by atoms with Gasteiger partial charge in [-0.25, -0.2) is 4.98 Å². The molecule has 0 aliphatic carbocycles. The molecule has 4 rings (SSSR count). The molecule has 0 saturated carbocycles. The van der Waals surface area contributed by atoms with E-state index in [1.807, 2.05) is 23.1 Å². The van der Waals surface area contributed by atoms with Crippen molar-refractivity contribution in [3.05, 3.63) is 45.6 Å². The maximum Gasteiger partial charge on any atom is 0.228 e. The predicted molar refractivity (Wildman–Crippen MR) is 125 cm³/mol. The molecule has 2 aliphatic rings. The van der Waals surface area contributed by atoms with Crippen molar-refractivity contribution in [2.45, 2.75) is 13.3 Å². The van der Waals surface area contributed by atoms with Gasteiger partial charge in [-0.2, -0.15) is 0 Å². The van der Waals surface area contributed by atoms with E-state index in [1.54, 1.807) is 6.07 Å². The highest BCUT2D eigenvalue weighted by atomic mass is 35.5. The summed E-state index contributed by atoms with van der Waals surface area (Å²) in [5.41, 5.74) is 3.72. The number of hydrogen-bond donors (Lipinski definition) is 0. The molecule has 2 aromatic rings. The van der Waals surface area contributed by atoms with Gasteiger partial charge in [0.25, 0.3) is 0 Å². The molecule has 3 heterocycles. The van der Waals surface area contributed by atoms with Crippen molar-refractivity contribution in [3.63, 3.8) is 0 Å². The third-order valence-electron chi connectivity index (χ3n) is 5.95. The average molecular weight is 463 g/mol. The Kier molecular flexibility index (Phi) is 7.02. The number of anilines is 1. The van der Waals surface area contributed by atoms with E-state index in [2.05, 4.69) is 23.8 Å². The maximum absolute atomic E-state index is 12.9. The summed E-state index contributed by atoms with van der Waals surface area (Å²) in [5, 5.41) is 1.19. The lowest BCUT2D eigenvalue weighted by molar-refractivity contribution is -0.132. The van der Waals surface area contributed by atoms with Gasteiger partial charge in [0.15, 0.2) is 0 Å². The first-order valence-corrected chi connectivity index (χ1v) is 11.4. The van der Waals surface area contributed by atoms with Crippen LogP contribution in [0, 0.1) is 6.92 Å². The highest BCUT2D eigenvalue weighted by Gasteiger charge is 2.24. The van der Waals surface area contributed by atoms with Crippen LogP contribution in [0.25, 0.3) is 11.1 Å². The number of benzene rings is 1. The number of likely N-dealkylation sites (N-methyl/N-ethyl adjacent to an activating group) is 1. The first kappa shape index (κ1) is 22.3. The summed E-state index contributed by atoms with van der Waals surface area (Å²) in [4.78, 5) is 24.3. The van der Waals surface area contributed by atoms with Gasteiger partial charge in [0, 0.05) is 55.4 Å². The molecule has 2 aliphatic heterocycles. The first-order chi connectivity index (χ1) is 14.9. The number of morpholine rings is 1. The van der Waals surface area contributed by atoms with Gasteiger partial charge < -0.3 is 19.4 Å². The fourth-order valence-electron chi connectivity index (χ4n) is 4.16. The number of carbonyl (C=O) groups is 1.